The molecule has 0 saturated carbocycles. The second-order valence-electron chi connectivity index (χ2n) is 4.67. The lowest BCUT2D eigenvalue weighted by atomic mass is 10.2. The van der Waals surface area contributed by atoms with Crippen molar-refractivity contribution in [3.05, 3.63) is 51.3 Å². The number of aryl methyl sites for hydroxylation is 1. The van der Waals surface area contributed by atoms with Gasteiger partial charge in [0.15, 0.2) is 0 Å². The van der Waals surface area contributed by atoms with E-state index in [1.165, 1.54) is 31.0 Å². The van der Waals surface area contributed by atoms with Crippen LogP contribution < -0.4 is 26.0 Å². The molecule has 0 aliphatic carbocycles. The zero-order chi connectivity index (χ0) is 16.8. The molecule has 1 aromatic heterocycles. The molecule has 0 fully saturated rings. The highest BCUT2D eigenvalue weighted by Crippen LogP contribution is 2.29. The summed E-state index contributed by atoms with van der Waals surface area (Å²) in [7, 11) is 3.03. The second-order valence-corrected chi connectivity index (χ2v) is 4.67. The third-order valence-corrected chi connectivity index (χ3v) is 3.16. The number of nitrogens with one attached hydrogen (secondary N) is 2. The normalized spacial score (nSPS) is 10.2. The van der Waals surface area contributed by atoms with Crippen LogP contribution in [0.15, 0.2) is 40.1 Å². The Bertz CT molecular complexity index is 809. The number of ether oxygens (including phenoxy) is 2. The van der Waals surface area contributed by atoms with E-state index >= 15 is 0 Å². The van der Waals surface area contributed by atoms with E-state index in [0.29, 0.717) is 17.2 Å². The molecule has 1 heterocycles. The van der Waals surface area contributed by atoms with Crippen LogP contribution in [0.3, 0.4) is 0 Å². The van der Waals surface area contributed by atoms with Crippen LogP contribution in [0.2, 0.25) is 0 Å². The van der Waals surface area contributed by atoms with E-state index in [2.05, 4.69) is 10.3 Å². The minimum atomic E-state index is -0.549. The van der Waals surface area contributed by atoms with Crippen LogP contribution in [0.1, 0.15) is 6.42 Å². The van der Waals surface area contributed by atoms with E-state index in [0.717, 1.165) is 0 Å². The van der Waals surface area contributed by atoms with Crippen LogP contribution >= 0.6 is 0 Å². The minimum Gasteiger partial charge on any atom is -0.497 e. The molecule has 2 aromatic rings. The maximum Gasteiger partial charge on any atom is 0.328 e. The molecule has 0 aliphatic heterocycles. The summed E-state index contributed by atoms with van der Waals surface area (Å²) >= 11 is 0. The Morgan fingerprint density at radius 2 is 2.00 bits per heavy atom. The molecule has 0 unspecified atom stereocenters. The van der Waals surface area contributed by atoms with Crippen molar-refractivity contribution >= 4 is 11.6 Å². The van der Waals surface area contributed by atoms with Gasteiger partial charge in [-0.3, -0.25) is 14.6 Å². The average molecular weight is 319 g/mol. The Labute approximate surface area is 131 Å². The first-order valence-corrected chi connectivity index (χ1v) is 6.85. The lowest BCUT2D eigenvalue weighted by Crippen LogP contribution is -2.29. The molecular formula is C15H17N3O5. The molecule has 2 rings (SSSR count). The number of hydrogen-bond donors (Lipinski definition) is 2. The van der Waals surface area contributed by atoms with Gasteiger partial charge in [-0.2, -0.15) is 0 Å². The smallest absolute Gasteiger partial charge is 0.328 e. The van der Waals surface area contributed by atoms with E-state index in [9.17, 15) is 14.4 Å². The van der Waals surface area contributed by atoms with Crippen molar-refractivity contribution in [3.8, 4) is 11.5 Å². The van der Waals surface area contributed by atoms with Gasteiger partial charge >= 0.3 is 5.69 Å². The molecule has 1 amide bonds. The maximum atomic E-state index is 12.0. The lowest BCUT2D eigenvalue weighted by molar-refractivity contribution is -0.116. The molecule has 0 saturated heterocycles. The van der Waals surface area contributed by atoms with Gasteiger partial charge in [0.25, 0.3) is 5.56 Å². The summed E-state index contributed by atoms with van der Waals surface area (Å²) in [5.41, 5.74) is -0.516. The van der Waals surface area contributed by atoms with Gasteiger partial charge in [0, 0.05) is 31.3 Å². The number of rotatable bonds is 6. The van der Waals surface area contributed by atoms with Crippen molar-refractivity contribution in [2.75, 3.05) is 19.5 Å². The number of nitrogens with zero attached hydrogens (tertiary/aromatic N) is 1. The Kier molecular flexibility index (Phi) is 5.19. The Morgan fingerprint density at radius 3 is 2.65 bits per heavy atom. The Balaban J connectivity index is 2.02. The first-order chi connectivity index (χ1) is 11.0. The third kappa shape index (κ3) is 4.22. The molecule has 122 valence electrons. The molecular weight excluding hydrogens is 302 g/mol. The molecule has 0 atom stereocenters. The number of methoxy groups -OCH3 is 2. The van der Waals surface area contributed by atoms with Crippen LogP contribution in [0.5, 0.6) is 11.5 Å². The van der Waals surface area contributed by atoms with Gasteiger partial charge in [-0.1, -0.05) is 0 Å². The SMILES string of the molecule is COc1ccc(NC(=O)CCn2ccc(=O)[nH]c2=O)c(OC)c1. The fraction of sp³-hybridized carbons (Fsp3) is 0.267. The largest absolute Gasteiger partial charge is 0.497 e. The van der Waals surface area contributed by atoms with E-state index < -0.39 is 11.2 Å². The van der Waals surface area contributed by atoms with Gasteiger partial charge in [-0.15, -0.1) is 0 Å². The van der Waals surface area contributed by atoms with Gasteiger partial charge in [0.2, 0.25) is 5.91 Å². The summed E-state index contributed by atoms with van der Waals surface area (Å²) < 4.78 is 11.5. The van der Waals surface area contributed by atoms with Crippen molar-refractivity contribution in [3.63, 3.8) is 0 Å². The summed E-state index contributed by atoms with van der Waals surface area (Å²) in [6.07, 6.45) is 1.42. The van der Waals surface area contributed by atoms with Gasteiger partial charge in [-0.25, -0.2) is 4.79 Å². The van der Waals surface area contributed by atoms with Crippen LogP contribution in [0.4, 0.5) is 5.69 Å². The Morgan fingerprint density at radius 1 is 1.22 bits per heavy atom. The first-order valence-electron chi connectivity index (χ1n) is 6.85. The Hall–Kier alpha value is -3.03. The van der Waals surface area contributed by atoms with Crippen LogP contribution in [-0.4, -0.2) is 29.7 Å². The molecule has 0 bridgehead atoms. The molecule has 8 heteroatoms. The van der Waals surface area contributed by atoms with Crippen LogP contribution in [0, 0.1) is 0 Å². The number of carbonyl (C=O) groups excluding carboxylic acids is 1. The third-order valence-electron chi connectivity index (χ3n) is 3.16. The van der Waals surface area contributed by atoms with Crippen LogP contribution in [0.25, 0.3) is 0 Å². The standard InChI is InChI=1S/C15H17N3O5/c1-22-10-3-4-11(12(9-10)23-2)16-13(19)5-7-18-8-6-14(20)17-15(18)21/h3-4,6,8-9H,5,7H2,1-2H3,(H,16,19)(H,17,20,21). The molecule has 2 N–H and O–H groups in total. The van der Waals surface area contributed by atoms with E-state index in [1.54, 1.807) is 18.2 Å². The maximum absolute atomic E-state index is 12.0. The number of hydrogen-bond acceptors (Lipinski definition) is 5. The molecule has 0 radical (unpaired) electrons. The van der Waals surface area contributed by atoms with E-state index in [-0.39, 0.29) is 18.9 Å². The summed E-state index contributed by atoms with van der Waals surface area (Å²) in [5, 5.41) is 2.71. The van der Waals surface area contributed by atoms with Gasteiger partial charge in [-0.05, 0) is 12.1 Å². The zero-order valence-corrected chi connectivity index (χ0v) is 12.8. The summed E-state index contributed by atoms with van der Waals surface area (Å²) in [6.45, 7) is 0.153. The number of aromatic nitrogens is 2. The lowest BCUT2D eigenvalue weighted by Gasteiger charge is -2.12. The van der Waals surface area contributed by atoms with Crippen molar-refractivity contribution in [1.82, 2.24) is 9.55 Å². The van der Waals surface area contributed by atoms with E-state index in [4.69, 9.17) is 9.47 Å². The van der Waals surface area contributed by atoms with Crippen molar-refractivity contribution in [2.45, 2.75) is 13.0 Å². The van der Waals surface area contributed by atoms with Gasteiger partial charge in [0.05, 0.1) is 19.9 Å². The fourth-order valence-corrected chi connectivity index (χ4v) is 1.96. The monoisotopic (exact) mass is 319 g/mol. The quantitative estimate of drug-likeness (QED) is 0.811. The van der Waals surface area contributed by atoms with Crippen molar-refractivity contribution in [2.24, 2.45) is 0 Å². The molecule has 8 nitrogen and oxygen atoms in total. The summed E-state index contributed by atoms with van der Waals surface area (Å²) in [6, 6.07) is 6.25. The topological polar surface area (TPSA) is 102 Å². The van der Waals surface area contributed by atoms with Gasteiger partial charge < -0.3 is 19.4 Å². The number of benzene rings is 1. The van der Waals surface area contributed by atoms with Crippen LogP contribution in [-0.2, 0) is 11.3 Å². The second kappa shape index (κ2) is 7.30. The number of anilines is 1. The molecule has 23 heavy (non-hydrogen) atoms. The van der Waals surface area contributed by atoms with Crippen molar-refractivity contribution in [1.29, 1.82) is 0 Å². The highest BCUT2D eigenvalue weighted by atomic mass is 16.5. The predicted molar refractivity (Wildman–Crippen MR) is 84.1 cm³/mol. The van der Waals surface area contributed by atoms with Gasteiger partial charge in [0.1, 0.15) is 11.5 Å². The average Bonchev–Trinajstić information content (AvgIpc) is 2.54. The summed E-state index contributed by atoms with van der Waals surface area (Å²) in [4.78, 5) is 36.6. The summed E-state index contributed by atoms with van der Waals surface area (Å²) in [5.74, 6) is 0.796. The number of aromatic amines is 1. The first kappa shape index (κ1) is 16.3. The highest BCUT2D eigenvalue weighted by molar-refractivity contribution is 5.92. The van der Waals surface area contributed by atoms with E-state index in [1.807, 2.05) is 0 Å². The molecule has 1 aromatic carbocycles. The number of amides is 1. The molecule has 0 spiro atoms. The predicted octanol–water partition coefficient (Wildman–Crippen LogP) is 0.583. The minimum absolute atomic E-state index is 0.0706. The number of H-pyrrole nitrogens is 1. The fourth-order valence-electron chi connectivity index (χ4n) is 1.96. The number of carbonyl (C=O) groups is 1. The highest BCUT2D eigenvalue weighted by Gasteiger charge is 2.09. The molecule has 0 aliphatic rings. The zero-order valence-electron chi connectivity index (χ0n) is 12.8. The van der Waals surface area contributed by atoms with Crippen molar-refractivity contribution < 1.29 is 14.3 Å².